The minimum atomic E-state index is 0.778. The Kier molecular flexibility index (Phi) is 3.57. The molecular formula is C11H23N. The van der Waals surface area contributed by atoms with Gasteiger partial charge in [-0.2, -0.15) is 0 Å². The lowest BCUT2D eigenvalue weighted by Crippen LogP contribution is -2.38. The predicted molar refractivity (Wildman–Crippen MR) is 54.2 cm³/mol. The van der Waals surface area contributed by atoms with E-state index in [0.717, 1.165) is 23.8 Å². The van der Waals surface area contributed by atoms with Crippen molar-refractivity contribution in [3.63, 3.8) is 0 Å². The van der Waals surface area contributed by atoms with Gasteiger partial charge < -0.3 is 5.32 Å². The molecule has 0 saturated heterocycles. The Morgan fingerprint density at radius 2 is 1.92 bits per heavy atom. The largest absolute Gasteiger partial charge is 0.317 e. The molecule has 0 aromatic carbocycles. The van der Waals surface area contributed by atoms with Gasteiger partial charge in [-0.05, 0) is 44.1 Å². The van der Waals surface area contributed by atoms with Crippen LogP contribution in [-0.4, -0.2) is 13.1 Å². The number of hydrogen-bond donors (Lipinski definition) is 1. The van der Waals surface area contributed by atoms with Gasteiger partial charge in [0, 0.05) is 6.04 Å². The standard InChI is InChI=1S/C11H23N/c1-8(2)10-5-6-11(12-4)9(3)7-10/h8-12H,5-7H2,1-4H3. The second kappa shape index (κ2) is 4.27. The van der Waals surface area contributed by atoms with Crippen molar-refractivity contribution in [1.82, 2.24) is 5.32 Å². The van der Waals surface area contributed by atoms with Crippen molar-refractivity contribution in [2.75, 3.05) is 7.05 Å². The molecule has 1 heteroatoms. The van der Waals surface area contributed by atoms with E-state index in [9.17, 15) is 0 Å². The van der Waals surface area contributed by atoms with Gasteiger partial charge in [-0.15, -0.1) is 0 Å². The molecule has 0 radical (unpaired) electrons. The zero-order chi connectivity index (χ0) is 9.14. The van der Waals surface area contributed by atoms with Crippen molar-refractivity contribution in [3.05, 3.63) is 0 Å². The van der Waals surface area contributed by atoms with E-state index in [1.165, 1.54) is 19.3 Å². The fourth-order valence-electron chi connectivity index (χ4n) is 2.47. The summed E-state index contributed by atoms with van der Waals surface area (Å²) in [6, 6.07) is 0.778. The smallest absolute Gasteiger partial charge is 0.00898 e. The summed E-state index contributed by atoms with van der Waals surface area (Å²) in [5, 5.41) is 3.41. The summed E-state index contributed by atoms with van der Waals surface area (Å²) < 4.78 is 0. The lowest BCUT2D eigenvalue weighted by atomic mass is 9.74. The summed E-state index contributed by atoms with van der Waals surface area (Å²) in [6.45, 7) is 7.10. The average molecular weight is 169 g/mol. The van der Waals surface area contributed by atoms with Gasteiger partial charge in [0.2, 0.25) is 0 Å². The highest BCUT2D eigenvalue weighted by molar-refractivity contribution is 4.82. The maximum absolute atomic E-state index is 3.41. The molecule has 12 heavy (non-hydrogen) atoms. The van der Waals surface area contributed by atoms with E-state index < -0.39 is 0 Å². The Balaban J connectivity index is 2.40. The highest BCUT2D eigenvalue weighted by Crippen LogP contribution is 2.33. The first-order valence-electron chi connectivity index (χ1n) is 5.32. The lowest BCUT2D eigenvalue weighted by molar-refractivity contribution is 0.185. The van der Waals surface area contributed by atoms with E-state index in [0.29, 0.717) is 0 Å². The van der Waals surface area contributed by atoms with Crippen molar-refractivity contribution in [2.24, 2.45) is 17.8 Å². The van der Waals surface area contributed by atoms with Crippen molar-refractivity contribution in [1.29, 1.82) is 0 Å². The molecule has 1 saturated carbocycles. The van der Waals surface area contributed by atoms with Gasteiger partial charge in [-0.1, -0.05) is 20.8 Å². The summed E-state index contributed by atoms with van der Waals surface area (Å²) in [5.74, 6) is 2.73. The number of nitrogens with one attached hydrogen (secondary N) is 1. The van der Waals surface area contributed by atoms with Crippen LogP contribution < -0.4 is 5.32 Å². The third kappa shape index (κ3) is 2.22. The molecule has 1 aliphatic carbocycles. The molecule has 1 N–H and O–H groups in total. The minimum Gasteiger partial charge on any atom is -0.317 e. The molecule has 1 rings (SSSR count). The van der Waals surface area contributed by atoms with E-state index >= 15 is 0 Å². The molecule has 1 fully saturated rings. The van der Waals surface area contributed by atoms with Crippen molar-refractivity contribution >= 4 is 0 Å². The summed E-state index contributed by atoms with van der Waals surface area (Å²) >= 11 is 0. The second-order valence-corrected chi connectivity index (χ2v) is 4.69. The minimum absolute atomic E-state index is 0.778. The molecule has 0 aliphatic heterocycles. The van der Waals surface area contributed by atoms with E-state index in [2.05, 4.69) is 33.1 Å². The SMILES string of the molecule is CNC1CCC(C(C)C)CC1C. The van der Waals surface area contributed by atoms with Crippen LogP contribution in [0.5, 0.6) is 0 Å². The molecule has 1 nitrogen and oxygen atoms in total. The Labute approximate surface area is 76.9 Å². The van der Waals surface area contributed by atoms with Crippen LogP contribution in [0.25, 0.3) is 0 Å². The van der Waals surface area contributed by atoms with Crippen molar-refractivity contribution in [3.8, 4) is 0 Å². The zero-order valence-electron chi connectivity index (χ0n) is 8.93. The molecular weight excluding hydrogens is 146 g/mol. The van der Waals surface area contributed by atoms with Crippen molar-refractivity contribution in [2.45, 2.75) is 46.1 Å². The molecule has 1 aliphatic rings. The van der Waals surface area contributed by atoms with Crippen LogP contribution in [0.2, 0.25) is 0 Å². The first-order chi connectivity index (χ1) is 5.65. The summed E-state index contributed by atoms with van der Waals surface area (Å²) in [6.07, 6.45) is 4.22. The molecule has 0 spiro atoms. The third-order valence-corrected chi connectivity index (χ3v) is 3.52. The molecule has 72 valence electrons. The highest BCUT2D eigenvalue weighted by Gasteiger charge is 2.27. The first-order valence-corrected chi connectivity index (χ1v) is 5.32. The molecule has 3 unspecified atom stereocenters. The quantitative estimate of drug-likeness (QED) is 0.670. The van der Waals surface area contributed by atoms with Crippen LogP contribution in [-0.2, 0) is 0 Å². The van der Waals surface area contributed by atoms with Gasteiger partial charge in [0.15, 0.2) is 0 Å². The summed E-state index contributed by atoms with van der Waals surface area (Å²) in [7, 11) is 2.09. The predicted octanol–water partition coefficient (Wildman–Crippen LogP) is 2.67. The van der Waals surface area contributed by atoms with Gasteiger partial charge in [0.1, 0.15) is 0 Å². The van der Waals surface area contributed by atoms with E-state index in [4.69, 9.17) is 0 Å². The van der Waals surface area contributed by atoms with E-state index in [1.807, 2.05) is 0 Å². The van der Waals surface area contributed by atoms with Gasteiger partial charge in [0.25, 0.3) is 0 Å². The monoisotopic (exact) mass is 169 g/mol. The maximum atomic E-state index is 3.41. The molecule has 3 atom stereocenters. The van der Waals surface area contributed by atoms with Gasteiger partial charge in [0.05, 0.1) is 0 Å². The fourth-order valence-corrected chi connectivity index (χ4v) is 2.47. The van der Waals surface area contributed by atoms with Crippen molar-refractivity contribution < 1.29 is 0 Å². The topological polar surface area (TPSA) is 12.0 Å². The molecule has 0 bridgehead atoms. The number of rotatable bonds is 2. The third-order valence-electron chi connectivity index (χ3n) is 3.52. The average Bonchev–Trinajstić information content (AvgIpc) is 2.04. The summed E-state index contributed by atoms with van der Waals surface area (Å²) in [5.41, 5.74) is 0. The van der Waals surface area contributed by atoms with E-state index in [-0.39, 0.29) is 0 Å². The molecule has 0 amide bonds. The Hall–Kier alpha value is -0.0400. The van der Waals surface area contributed by atoms with Gasteiger partial charge >= 0.3 is 0 Å². The second-order valence-electron chi connectivity index (χ2n) is 4.69. The maximum Gasteiger partial charge on any atom is 0.00898 e. The highest BCUT2D eigenvalue weighted by atomic mass is 14.9. The Bertz CT molecular complexity index is 131. The lowest BCUT2D eigenvalue weighted by Gasteiger charge is -2.35. The van der Waals surface area contributed by atoms with Crippen LogP contribution in [0, 0.1) is 17.8 Å². The Morgan fingerprint density at radius 1 is 1.25 bits per heavy atom. The van der Waals surface area contributed by atoms with Gasteiger partial charge in [-0.3, -0.25) is 0 Å². The zero-order valence-corrected chi connectivity index (χ0v) is 8.93. The molecule has 0 aromatic rings. The van der Waals surface area contributed by atoms with Crippen LogP contribution in [0.1, 0.15) is 40.0 Å². The van der Waals surface area contributed by atoms with Crippen LogP contribution in [0.4, 0.5) is 0 Å². The fraction of sp³-hybridized carbons (Fsp3) is 1.00. The normalized spacial score (nSPS) is 37.2. The van der Waals surface area contributed by atoms with Crippen LogP contribution in [0.15, 0.2) is 0 Å². The van der Waals surface area contributed by atoms with Crippen LogP contribution in [0.3, 0.4) is 0 Å². The Morgan fingerprint density at radius 3 is 2.33 bits per heavy atom. The van der Waals surface area contributed by atoms with Crippen LogP contribution >= 0.6 is 0 Å². The number of hydrogen-bond acceptors (Lipinski definition) is 1. The van der Waals surface area contributed by atoms with E-state index in [1.54, 1.807) is 0 Å². The molecule has 0 heterocycles. The van der Waals surface area contributed by atoms with Gasteiger partial charge in [-0.25, -0.2) is 0 Å². The summed E-state index contributed by atoms with van der Waals surface area (Å²) in [4.78, 5) is 0. The first kappa shape index (κ1) is 10.0. The molecule has 0 aromatic heterocycles.